The number of benzene rings is 1. The van der Waals surface area contributed by atoms with Gasteiger partial charge in [0.2, 0.25) is 0 Å². The molecule has 1 N–H and O–H groups in total. The zero-order valence-corrected chi connectivity index (χ0v) is 11.6. The van der Waals surface area contributed by atoms with Crippen LogP contribution in [0.25, 0.3) is 0 Å². The molecule has 108 valence electrons. The largest absolute Gasteiger partial charge is 0.383 e. The van der Waals surface area contributed by atoms with Gasteiger partial charge in [-0.15, -0.1) is 0 Å². The molecule has 0 aromatic heterocycles. The number of hydrogen-bond acceptors (Lipinski definition) is 4. The van der Waals surface area contributed by atoms with Crippen molar-refractivity contribution in [2.75, 3.05) is 52.0 Å². The van der Waals surface area contributed by atoms with E-state index in [0.717, 1.165) is 5.69 Å². The van der Waals surface area contributed by atoms with Crippen molar-refractivity contribution in [1.29, 1.82) is 0 Å². The van der Waals surface area contributed by atoms with E-state index in [2.05, 4.69) is 5.32 Å². The van der Waals surface area contributed by atoms with Gasteiger partial charge in [0.05, 0.1) is 33.0 Å². The summed E-state index contributed by atoms with van der Waals surface area (Å²) < 4.78 is 28.7. The average Bonchev–Trinajstić information content (AvgIpc) is 2.41. The Morgan fingerprint density at radius 2 is 1.74 bits per heavy atom. The highest BCUT2D eigenvalue weighted by molar-refractivity contribution is 5.44. The fourth-order valence-corrected chi connectivity index (χ4v) is 1.43. The van der Waals surface area contributed by atoms with Crippen molar-refractivity contribution in [2.45, 2.75) is 6.92 Å². The quantitative estimate of drug-likeness (QED) is 0.662. The summed E-state index contributed by atoms with van der Waals surface area (Å²) in [6.07, 6.45) is 0. The minimum absolute atomic E-state index is 0.197. The second kappa shape index (κ2) is 9.72. The van der Waals surface area contributed by atoms with Crippen molar-refractivity contribution in [2.24, 2.45) is 0 Å². The molecule has 0 unspecified atom stereocenters. The lowest BCUT2D eigenvalue weighted by Crippen LogP contribution is -2.13. The van der Waals surface area contributed by atoms with Gasteiger partial charge in [-0.25, -0.2) is 4.39 Å². The van der Waals surface area contributed by atoms with Crippen LogP contribution >= 0.6 is 0 Å². The summed E-state index contributed by atoms with van der Waals surface area (Å²) in [5.41, 5.74) is 1.41. The number of hydrogen-bond donors (Lipinski definition) is 1. The topological polar surface area (TPSA) is 39.7 Å². The molecule has 0 atom stereocenters. The number of nitrogens with one attached hydrogen (secondary N) is 1. The van der Waals surface area contributed by atoms with Crippen molar-refractivity contribution >= 4 is 5.69 Å². The van der Waals surface area contributed by atoms with E-state index < -0.39 is 0 Å². The molecule has 0 radical (unpaired) electrons. The van der Waals surface area contributed by atoms with Gasteiger partial charge in [-0.2, -0.15) is 0 Å². The van der Waals surface area contributed by atoms with E-state index in [4.69, 9.17) is 14.2 Å². The summed E-state index contributed by atoms with van der Waals surface area (Å²) in [5, 5.41) is 3.10. The molecule has 0 fully saturated rings. The predicted molar refractivity (Wildman–Crippen MR) is 73.1 cm³/mol. The van der Waals surface area contributed by atoms with E-state index in [9.17, 15) is 4.39 Å². The third kappa shape index (κ3) is 7.10. The Morgan fingerprint density at radius 3 is 2.42 bits per heavy atom. The standard InChI is InChI=1S/C14H22FNO3/c1-12-3-4-13(11-14(12)15)16-5-6-18-9-10-19-8-7-17-2/h3-4,11,16H,5-10H2,1-2H3. The summed E-state index contributed by atoms with van der Waals surface area (Å²) >= 11 is 0. The molecular formula is C14H22FNO3. The van der Waals surface area contributed by atoms with Gasteiger partial charge in [-0.3, -0.25) is 0 Å². The first kappa shape index (κ1) is 15.9. The first-order valence-electron chi connectivity index (χ1n) is 6.38. The Hall–Kier alpha value is -1.17. The smallest absolute Gasteiger partial charge is 0.128 e. The molecule has 0 aliphatic heterocycles. The van der Waals surface area contributed by atoms with Crippen molar-refractivity contribution in [3.8, 4) is 0 Å². The molecular weight excluding hydrogens is 249 g/mol. The van der Waals surface area contributed by atoms with Gasteiger partial charge in [0, 0.05) is 19.3 Å². The monoisotopic (exact) mass is 271 g/mol. The summed E-state index contributed by atoms with van der Waals surface area (Å²) in [6, 6.07) is 5.09. The second-order valence-corrected chi connectivity index (χ2v) is 4.11. The lowest BCUT2D eigenvalue weighted by Gasteiger charge is -2.08. The van der Waals surface area contributed by atoms with Crippen molar-refractivity contribution in [1.82, 2.24) is 0 Å². The zero-order chi connectivity index (χ0) is 13.9. The van der Waals surface area contributed by atoms with E-state index >= 15 is 0 Å². The fourth-order valence-electron chi connectivity index (χ4n) is 1.43. The van der Waals surface area contributed by atoms with Crippen molar-refractivity contribution in [3.63, 3.8) is 0 Å². The lowest BCUT2D eigenvalue weighted by molar-refractivity contribution is 0.0272. The van der Waals surface area contributed by atoms with E-state index in [-0.39, 0.29) is 5.82 Å². The van der Waals surface area contributed by atoms with Crippen LogP contribution in [0.15, 0.2) is 18.2 Å². The van der Waals surface area contributed by atoms with Gasteiger partial charge in [0.15, 0.2) is 0 Å². The van der Waals surface area contributed by atoms with Crippen LogP contribution in [0.1, 0.15) is 5.56 Å². The summed E-state index contributed by atoms with van der Waals surface area (Å²) in [6.45, 7) is 5.23. The highest BCUT2D eigenvalue weighted by Crippen LogP contribution is 2.12. The van der Waals surface area contributed by atoms with Crippen LogP contribution in [-0.2, 0) is 14.2 Å². The second-order valence-electron chi connectivity index (χ2n) is 4.11. The fraction of sp³-hybridized carbons (Fsp3) is 0.571. The van der Waals surface area contributed by atoms with Gasteiger partial charge >= 0.3 is 0 Å². The number of rotatable bonds is 10. The number of methoxy groups -OCH3 is 1. The third-order valence-electron chi connectivity index (χ3n) is 2.55. The summed E-state index contributed by atoms with van der Waals surface area (Å²) in [4.78, 5) is 0. The number of aryl methyl sites for hydroxylation is 1. The summed E-state index contributed by atoms with van der Waals surface area (Å²) in [5.74, 6) is -0.197. The molecule has 0 spiro atoms. The Labute approximate surface area is 113 Å². The molecule has 0 amide bonds. The molecule has 0 saturated heterocycles. The van der Waals surface area contributed by atoms with Gasteiger partial charge < -0.3 is 19.5 Å². The molecule has 4 nitrogen and oxygen atoms in total. The normalized spacial score (nSPS) is 10.7. The maximum Gasteiger partial charge on any atom is 0.128 e. The highest BCUT2D eigenvalue weighted by atomic mass is 19.1. The van der Waals surface area contributed by atoms with Crippen LogP contribution in [0, 0.1) is 12.7 Å². The molecule has 0 bridgehead atoms. The highest BCUT2D eigenvalue weighted by Gasteiger charge is 1.98. The Balaban J connectivity index is 2.00. The van der Waals surface area contributed by atoms with Gasteiger partial charge in [-0.1, -0.05) is 6.07 Å². The van der Waals surface area contributed by atoms with Crippen LogP contribution in [-0.4, -0.2) is 46.7 Å². The average molecular weight is 271 g/mol. The van der Waals surface area contributed by atoms with Crippen molar-refractivity contribution < 1.29 is 18.6 Å². The van der Waals surface area contributed by atoms with Gasteiger partial charge in [-0.05, 0) is 24.6 Å². The third-order valence-corrected chi connectivity index (χ3v) is 2.55. The maximum atomic E-state index is 13.3. The number of halogens is 1. The Kier molecular flexibility index (Phi) is 8.13. The van der Waals surface area contributed by atoms with E-state index in [1.807, 2.05) is 6.07 Å². The van der Waals surface area contributed by atoms with E-state index in [1.54, 1.807) is 20.1 Å². The van der Waals surface area contributed by atoms with Crippen LogP contribution in [0.2, 0.25) is 0 Å². The van der Waals surface area contributed by atoms with Crippen LogP contribution in [0.5, 0.6) is 0 Å². The molecule has 19 heavy (non-hydrogen) atoms. The predicted octanol–water partition coefficient (Wildman–Crippen LogP) is 2.23. The van der Waals surface area contributed by atoms with Gasteiger partial charge in [0.1, 0.15) is 5.82 Å². The lowest BCUT2D eigenvalue weighted by atomic mass is 10.2. The van der Waals surface area contributed by atoms with Crippen LogP contribution < -0.4 is 5.32 Å². The first-order valence-corrected chi connectivity index (χ1v) is 6.38. The van der Waals surface area contributed by atoms with E-state index in [0.29, 0.717) is 45.1 Å². The Bertz CT molecular complexity index is 361. The molecule has 1 rings (SSSR count). The SMILES string of the molecule is COCCOCCOCCNc1ccc(C)c(F)c1. The molecule has 0 aliphatic carbocycles. The van der Waals surface area contributed by atoms with Crippen molar-refractivity contribution in [3.05, 3.63) is 29.6 Å². The zero-order valence-electron chi connectivity index (χ0n) is 11.6. The maximum absolute atomic E-state index is 13.3. The van der Waals surface area contributed by atoms with Crippen LogP contribution in [0.3, 0.4) is 0 Å². The van der Waals surface area contributed by atoms with Gasteiger partial charge in [0.25, 0.3) is 0 Å². The minimum Gasteiger partial charge on any atom is -0.383 e. The summed E-state index contributed by atoms with van der Waals surface area (Å²) in [7, 11) is 1.64. The molecule has 0 saturated carbocycles. The molecule has 1 aromatic rings. The molecule has 0 aliphatic rings. The molecule has 0 heterocycles. The Morgan fingerprint density at radius 1 is 1.05 bits per heavy atom. The molecule has 1 aromatic carbocycles. The number of ether oxygens (including phenoxy) is 3. The molecule has 5 heteroatoms. The number of anilines is 1. The van der Waals surface area contributed by atoms with E-state index in [1.165, 1.54) is 6.07 Å². The van der Waals surface area contributed by atoms with Crippen LogP contribution in [0.4, 0.5) is 10.1 Å². The first-order chi connectivity index (χ1) is 9.24. The minimum atomic E-state index is -0.197.